The average Bonchev–Trinajstić information content (AvgIpc) is 3.24. The summed E-state index contributed by atoms with van der Waals surface area (Å²) >= 11 is 0. The molecule has 0 atom stereocenters. The van der Waals surface area contributed by atoms with E-state index >= 15 is 0 Å². The van der Waals surface area contributed by atoms with Gasteiger partial charge in [0.05, 0.1) is 29.0 Å². The van der Waals surface area contributed by atoms with E-state index < -0.39 is 0 Å². The molecule has 0 fully saturated rings. The second-order valence-electron chi connectivity index (χ2n) is 6.96. The van der Waals surface area contributed by atoms with Gasteiger partial charge in [-0.2, -0.15) is 0 Å². The molecule has 0 N–H and O–H groups in total. The quantitative estimate of drug-likeness (QED) is 0.278. The zero-order chi connectivity index (χ0) is 19.5. The van der Waals surface area contributed by atoms with Crippen LogP contribution in [-0.4, -0.2) is 18.1 Å². The van der Waals surface area contributed by atoms with Crippen LogP contribution in [0.1, 0.15) is 6.42 Å². The van der Waals surface area contributed by atoms with Crippen LogP contribution in [0.25, 0.3) is 21.5 Å². The predicted octanol–water partition coefficient (Wildman–Crippen LogP) is 6.83. The zero-order valence-electron chi connectivity index (χ0n) is 15.9. The Morgan fingerprint density at radius 1 is 0.690 bits per heavy atom. The highest BCUT2D eigenvalue weighted by atomic mass is 14.8. The number of hydrogen-bond donors (Lipinski definition) is 0. The van der Waals surface area contributed by atoms with Crippen molar-refractivity contribution in [2.24, 2.45) is 15.0 Å². The lowest BCUT2D eigenvalue weighted by Gasteiger charge is -2.07. The standard InChI is InChI=1S/C26H19N3/c1-2-10-21(11-3-1)27-17-22-14-15-23(29-22)18-28-26-24-12-6-4-8-19(24)16-20-9-5-7-13-25(20)26/h1-14,16-18H,15H2. The highest BCUT2D eigenvalue weighted by Crippen LogP contribution is 2.34. The van der Waals surface area contributed by atoms with Crippen molar-refractivity contribution in [3.8, 4) is 0 Å². The molecule has 1 aliphatic heterocycles. The first-order valence-electron chi connectivity index (χ1n) is 9.68. The Kier molecular flexibility index (Phi) is 4.55. The van der Waals surface area contributed by atoms with Crippen LogP contribution >= 0.6 is 0 Å². The first-order valence-corrected chi connectivity index (χ1v) is 9.68. The molecule has 3 heteroatoms. The van der Waals surface area contributed by atoms with Crippen molar-refractivity contribution in [3.05, 3.63) is 96.7 Å². The molecule has 0 unspecified atom stereocenters. The van der Waals surface area contributed by atoms with Crippen molar-refractivity contribution in [2.75, 3.05) is 0 Å². The number of allylic oxidation sites excluding steroid dienone is 2. The largest absolute Gasteiger partial charge is 0.255 e. The molecule has 5 rings (SSSR count). The number of para-hydroxylation sites is 1. The van der Waals surface area contributed by atoms with Gasteiger partial charge in [-0.15, -0.1) is 0 Å². The summed E-state index contributed by atoms with van der Waals surface area (Å²) in [6.07, 6.45) is 6.54. The zero-order valence-corrected chi connectivity index (χ0v) is 15.9. The highest BCUT2D eigenvalue weighted by Gasteiger charge is 2.08. The van der Waals surface area contributed by atoms with E-state index in [9.17, 15) is 0 Å². The summed E-state index contributed by atoms with van der Waals surface area (Å²) in [5, 5.41) is 4.70. The average molecular weight is 373 g/mol. The first-order chi connectivity index (χ1) is 14.4. The molecule has 4 aromatic rings. The minimum absolute atomic E-state index is 0.766. The van der Waals surface area contributed by atoms with Crippen molar-refractivity contribution < 1.29 is 0 Å². The van der Waals surface area contributed by atoms with Crippen LogP contribution in [0.3, 0.4) is 0 Å². The van der Waals surface area contributed by atoms with Crippen LogP contribution in [0.4, 0.5) is 11.4 Å². The lowest BCUT2D eigenvalue weighted by molar-refractivity contribution is 1.47. The monoisotopic (exact) mass is 373 g/mol. The Balaban J connectivity index is 1.46. The molecule has 29 heavy (non-hydrogen) atoms. The van der Waals surface area contributed by atoms with Crippen molar-refractivity contribution in [1.29, 1.82) is 0 Å². The second-order valence-corrected chi connectivity index (χ2v) is 6.96. The number of hydrogen-bond acceptors (Lipinski definition) is 3. The third-order valence-corrected chi connectivity index (χ3v) is 4.98. The summed E-state index contributed by atoms with van der Waals surface area (Å²) < 4.78 is 0. The SMILES string of the molecule is C(=Nc1ccccc1)C1=CCC(C=Nc2c3ccccc3cc3ccccc23)=N1. The van der Waals surface area contributed by atoms with Gasteiger partial charge in [-0.1, -0.05) is 72.8 Å². The van der Waals surface area contributed by atoms with E-state index in [2.05, 4.69) is 70.7 Å². The fourth-order valence-corrected chi connectivity index (χ4v) is 3.55. The maximum absolute atomic E-state index is 4.86. The van der Waals surface area contributed by atoms with Crippen molar-refractivity contribution in [1.82, 2.24) is 0 Å². The maximum Gasteiger partial charge on any atom is 0.0787 e. The van der Waals surface area contributed by atoms with Crippen LogP contribution in [0.5, 0.6) is 0 Å². The van der Waals surface area contributed by atoms with E-state index in [0.29, 0.717) is 0 Å². The van der Waals surface area contributed by atoms with Crippen molar-refractivity contribution >= 4 is 51.1 Å². The van der Waals surface area contributed by atoms with Gasteiger partial charge in [-0.05, 0) is 29.0 Å². The molecular formula is C26H19N3. The fraction of sp³-hybridized carbons (Fsp3) is 0.0385. The van der Waals surface area contributed by atoms with Crippen LogP contribution in [-0.2, 0) is 0 Å². The number of rotatable bonds is 4. The van der Waals surface area contributed by atoms with Crippen LogP contribution in [0.2, 0.25) is 0 Å². The molecule has 138 valence electrons. The van der Waals surface area contributed by atoms with Crippen molar-refractivity contribution in [2.45, 2.75) is 6.42 Å². The fourth-order valence-electron chi connectivity index (χ4n) is 3.55. The normalized spacial score (nSPS) is 14.2. The lowest BCUT2D eigenvalue weighted by atomic mass is 10.0. The Morgan fingerprint density at radius 2 is 1.34 bits per heavy atom. The minimum atomic E-state index is 0.766. The van der Waals surface area contributed by atoms with Gasteiger partial charge in [-0.25, -0.2) is 0 Å². The molecule has 0 aromatic heterocycles. The smallest absolute Gasteiger partial charge is 0.0787 e. The third kappa shape index (κ3) is 3.63. The first kappa shape index (κ1) is 17.3. The molecule has 0 aliphatic carbocycles. The Bertz CT molecular complexity index is 1260. The topological polar surface area (TPSA) is 37.1 Å². The Morgan fingerprint density at radius 3 is 2.07 bits per heavy atom. The van der Waals surface area contributed by atoms with Gasteiger partial charge in [0.2, 0.25) is 0 Å². The molecule has 0 amide bonds. The minimum Gasteiger partial charge on any atom is -0.255 e. The van der Waals surface area contributed by atoms with E-state index in [0.717, 1.165) is 40.0 Å². The molecule has 0 saturated carbocycles. The molecule has 1 heterocycles. The van der Waals surface area contributed by atoms with E-state index in [4.69, 9.17) is 4.99 Å². The van der Waals surface area contributed by atoms with E-state index in [-0.39, 0.29) is 0 Å². The van der Waals surface area contributed by atoms with Crippen LogP contribution in [0, 0.1) is 0 Å². The van der Waals surface area contributed by atoms with Crippen LogP contribution in [0.15, 0.2) is 112 Å². The predicted molar refractivity (Wildman–Crippen MR) is 124 cm³/mol. The Hall–Kier alpha value is -3.85. The lowest BCUT2D eigenvalue weighted by Crippen LogP contribution is -1.94. The summed E-state index contributed by atoms with van der Waals surface area (Å²) in [6, 6.07) is 28.9. The summed E-state index contributed by atoms with van der Waals surface area (Å²) in [7, 11) is 0. The number of aliphatic imine (C=N–C) groups is 3. The molecular weight excluding hydrogens is 354 g/mol. The van der Waals surface area contributed by atoms with E-state index in [1.54, 1.807) is 0 Å². The summed E-state index contributed by atoms with van der Waals surface area (Å²) in [5.41, 5.74) is 3.73. The van der Waals surface area contributed by atoms with E-state index in [1.807, 2.05) is 42.8 Å². The third-order valence-electron chi connectivity index (χ3n) is 4.98. The number of nitrogens with zero attached hydrogens (tertiary/aromatic N) is 3. The Labute approximate surface area is 169 Å². The summed E-state index contributed by atoms with van der Waals surface area (Å²) in [5.74, 6) is 0. The number of fused-ring (bicyclic) bond motifs is 2. The second kappa shape index (κ2) is 7.64. The van der Waals surface area contributed by atoms with Gasteiger partial charge >= 0.3 is 0 Å². The molecule has 0 radical (unpaired) electrons. The molecule has 4 aromatic carbocycles. The molecule has 0 spiro atoms. The van der Waals surface area contributed by atoms with Gasteiger partial charge in [0.25, 0.3) is 0 Å². The van der Waals surface area contributed by atoms with Gasteiger partial charge in [0.15, 0.2) is 0 Å². The summed E-state index contributed by atoms with van der Waals surface area (Å²) in [4.78, 5) is 14.0. The summed E-state index contributed by atoms with van der Waals surface area (Å²) in [6.45, 7) is 0. The molecule has 1 aliphatic rings. The number of benzene rings is 4. The van der Waals surface area contributed by atoms with E-state index in [1.165, 1.54) is 10.8 Å². The van der Waals surface area contributed by atoms with Crippen molar-refractivity contribution in [3.63, 3.8) is 0 Å². The molecule has 0 bridgehead atoms. The van der Waals surface area contributed by atoms with Gasteiger partial charge < -0.3 is 0 Å². The maximum atomic E-state index is 4.86. The van der Waals surface area contributed by atoms with Gasteiger partial charge in [-0.3, -0.25) is 15.0 Å². The van der Waals surface area contributed by atoms with Gasteiger partial charge in [0.1, 0.15) is 0 Å². The molecule has 0 saturated heterocycles. The highest BCUT2D eigenvalue weighted by molar-refractivity contribution is 6.33. The van der Waals surface area contributed by atoms with Gasteiger partial charge in [0, 0.05) is 23.4 Å². The molecule has 3 nitrogen and oxygen atoms in total. The van der Waals surface area contributed by atoms with Crippen LogP contribution < -0.4 is 0 Å².